The number of benzene rings is 1. The minimum atomic E-state index is 0.608. The highest BCUT2D eigenvalue weighted by Crippen LogP contribution is 2.32. The Morgan fingerprint density at radius 1 is 0.950 bits per heavy atom. The van der Waals surface area contributed by atoms with Gasteiger partial charge >= 0.3 is 0 Å². The zero-order chi connectivity index (χ0) is 14.8. The Morgan fingerprint density at radius 2 is 1.60 bits per heavy atom. The highest BCUT2D eigenvalue weighted by Gasteiger charge is 2.12. The predicted octanol–water partition coefficient (Wildman–Crippen LogP) is -0.200. The van der Waals surface area contributed by atoms with Crippen molar-refractivity contribution >= 4 is 0 Å². The summed E-state index contributed by atoms with van der Waals surface area (Å²) in [5.74, 6) is 1.50. The fourth-order valence-corrected chi connectivity index (χ4v) is 2.00. The Balaban J connectivity index is 2.88. The van der Waals surface area contributed by atoms with E-state index in [1.807, 2.05) is 6.07 Å². The molecule has 1 rings (SSSR count). The van der Waals surface area contributed by atoms with Gasteiger partial charge in [-0.05, 0) is 17.7 Å². The van der Waals surface area contributed by atoms with E-state index in [0.29, 0.717) is 19.6 Å². The summed E-state index contributed by atoms with van der Waals surface area (Å²) in [6.07, 6.45) is 0. The minimum absolute atomic E-state index is 0.608. The summed E-state index contributed by atoms with van der Waals surface area (Å²) in [4.78, 5) is 0. The quantitative estimate of drug-likeness (QED) is 0.444. The van der Waals surface area contributed by atoms with Crippen LogP contribution in [-0.2, 0) is 13.1 Å². The van der Waals surface area contributed by atoms with Gasteiger partial charge in [-0.3, -0.25) is 0 Å². The van der Waals surface area contributed by atoms with Crippen molar-refractivity contribution in [3.05, 3.63) is 23.3 Å². The van der Waals surface area contributed by atoms with Crippen LogP contribution in [-0.4, -0.2) is 40.4 Å². The first kappa shape index (κ1) is 16.7. The Hall–Kier alpha value is -1.34. The monoisotopic (exact) mass is 282 g/mol. The number of methoxy groups -OCH3 is 2. The van der Waals surface area contributed by atoms with Crippen LogP contribution in [0.5, 0.6) is 11.5 Å². The van der Waals surface area contributed by atoms with Gasteiger partial charge in [-0.25, -0.2) is 0 Å². The molecule has 6 nitrogen and oxygen atoms in total. The third-order valence-electron chi connectivity index (χ3n) is 2.90. The Kier molecular flexibility index (Phi) is 7.98. The van der Waals surface area contributed by atoms with Crippen LogP contribution in [0.2, 0.25) is 0 Å². The van der Waals surface area contributed by atoms with Crippen molar-refractivity contribution in [1.82, 2.24) is 10.6 Å². The molecule has 0 aliphatic heterocycles. The molecule has 0 aliphatic carbocycles. The average Bonchev–Trinajstić information content (AvgIpc) is 2.47. The molecule has 114 valence electrons. The summed E-state index contributed by atoms with van der Waals surface area (Å²) < 4.78 is 10.8. The van der Waals surface area contributed by atoms with Crippen LogP contribution in [0.4, 0.5) is 0 Å². The number of ether oxygens (including phenoxy) is 2. The van der Waals surface area contributed by atoms with Gasteiger partial charge in [-0.15, -0.1) is 0 Å². The van der Waals surface area contributed by atoms with Crippen molar-refractivity contribution in [1.29, 1.82) is 0 Å². The topological polar surface area (TPSA) is 94.6 Å². The molecule has 0 unspecified atom stereocenters. The Bertz CT molecular complexity index is 399. The van der Waals surface area contributed by atoms with Gasteiger partial charge in [0.25, 0.3) is 0 Å². The van der Waals surface area contributed by atoms with E-state index in [1.165, 1.54) is 0 Å². The van der Waals surface area contributed by atoms with Crippen LogP contribution in [0.3, 0.4) is 0 Å². The van der Waals surface area contributed by atoms with Crippen LogP contribution in [0.1, 0.15) is 11.1 Å². The zero-order valence-electron chi connectivity index (χ0n) is 12.4. The molecule has 0 heterocycles. The summed E-state index contributed by atoms with van der Waals surface area (Å²) >= 11 is 0. The second-order valence-corrected chi connectivity index (χ2v) is 4.42. The summed E-state index contributed by atoms with van der Waals surface area (Å²) in [6, 6.07) is 4.09. The predicted molar refractivity (Wildman–Crippen MR) is 81.1 cm³/mol. The van der Waals surface area contributed by atoms with E-state index < -0.39 is 0 Å². The second-order valence-electron chi connectivity index (χ2n) is 4.42. The number of nitrogens with one attached hydrogen (secondary N) is 2. The van der Waals surface area contributed by atoms with E-state index >= 15 is 0 Å². The van der Waals surface area contributed by atoms with Gasteiger partial charge in [-0.2, -0.15) is 0 Å². The molecule has 0 aliphatic rings. The standard InChI is InChI=1S/C14H26N4O2/c1-19-13-8-11(9-17-5-3-15)7-12(14(13)20-2)10-18-6-4-16/h7-8,17-18H,3-6,9-10,15-16H2,1-2H3. The van der Waals surface area contributed by atoms with Gasteiger partial charge in [0.1, 0.15) is 0 Å². The van der Waals surface area contributed by atoms with Gasteiger partial charge in [-0.1, -0.05) is 0 Å². The summed E-state index contributed by atoms with van der Waals surface area (Å²) in [6.45, 7) is 4.23. The van der Waals surface area contributed by atoms with Crippen molar-refractivity contribution in [3.63, 3.8) is 0 Å². The lowest BCUT2D eigenvalue weighted by atomic mass is 10.1. The van der Waals surface area contributed by atoms with Crippen LogP contribution in [0.25, 0.3) is 0 Å². The van der Waals surface area contributed by atoms with Gasteiger partial charge in [0, 0.05) is 44.8 Å². The molecule has 0 fully saturated rings. The molecule has 0 radical (unpaired) electrons. The molecular weight excluding hydrogens is 256 g/mol. The molecule has 0 aromatic heterocycles. The Morgan fingerprint density at radius 3 is 2.15 bits per heavy atom. The fraction of sp³-hybridized carbons (Fsp3) is 0.571. The third-order valence-corrected chi connectivity index (χ3v) is 2.90. The van der Waals surface area contributed by atoms with E-state index in [1.54, 1.807) is 14.2 Å². The number of hydrogen-bond acceptors (Lipinski definition) is 6. The number of nitrogens with two attached hydrogens (primary N) is 2. The van der Waals surface area contributed by atoms with Crippen molar-refractivity contribution in [2.45, 2.75) is 13.1 Å². The normalized spacial score (nSPS) is 10.6. The highest BCUT2D eigenvalue weighted by atomic mass is 16.5. The molecule has 6 N–H and O–H groups in total. The fourth-order valence-electron chi connectivity index (χ4n) is 2.00. The van der Waals surface area contributed by atoms with Crippen LogP contribution >= 0.6 is 0 Å². The molecule has 0 amide bonds. The number of rotatable bonds is 10. The first-order chi connectivity index (χ1) is 9.76. The maximum absolute atomic E-state index is 5.49. The number of hydrogen-bond donors (Lipinski definition) is 4. The lowest BCUT2D eigenvalue weighted by Gasteiger charge is -2.16. The average molecular weight is 282 g/mol. The third kappa shape index (κ3) is 4.97. The summed E-state index contributed by atoms with van der Waals surface area (Å²) in [5.41, 5.74) is 13.2. The molecule has 0 spiro atoms. The van der Waals surface area contributed by atoms with Crippen LogP contribution in [0.15, 0.2) is 12.1 Å². The lowest BCUT2D eigenvalue weighted by Crippen LogP contribution is -2.23. The molecule has 1 aromatic rings. The van der Waals surface area contributed by atoms with Crippen molar-refractivity contribution in [3.8, 4) is 11.5 Å². The first-order valence-corrected chi connectivity index (χ1v) is 6.82. The van der Waals surface area contributed by atoms with Gasteiger partial charge < -0.3 is 31.6 Å². The second kappa shape index (κ2) is 9.55. The smallest absolute Gasteiger partial charge is 0.165 e. The molecular formula is C14H26N4O2. The minimum Gasteiger partial charge on any atom is -0.493 e. The molecule has 0 atom stereocenters. The maximum Gasteiger partial charge on any atom is 0.165 e. The summed E-state index contributed by atoms with van der Waals surface area (Å²) in [7, 11) is 3.29. The van der Waals surface area contributed by atoms with E-state index in [-0.39, 0.29) is 0 Å². The molecule has 1 aromatic carbocycles. The highest BCUT2D eigenvalue weighted by molar-refractivity contribution is 5.49. The largest absolute Gasteiger partial charge is 0.493 e. The lowest BCUT2D eigenvalue weighted by molar-refractivity contribution is 0.350. The van der Waals surface area contributed by atoms with E-state index in [2.05, 4.69) is 16.7 Å². The van der Waals surface area contributed by atoms with Crippen molar-refractivity contribution < 1.29 is 9.47 Å². The Labute approximate surface area is 120 Å². The zero-order valence-corrected chi connectivity index (χ0v) is 12.4. The van der Waals surface area contributed by atoms with Crippen molar-refractivity contribution in [2.75, 3.05) is 40.4 Å². The van der Waals surface area contributed by atoms with Crippen molar-refractivity contribution in [2.24, 2.45) is 11.5 Å². The molecule has 0 saturated carbocycles. The van der Waals surface area contributed by atoms with E-state index in [0.717, 1.165) is 42.3 Å². The molecule has 0 saturated heterocycles. The maximum atomic E-state index is 5.49. The molecule has 20 heavy (non-hydrogen) atoms. The van der Waals surface area contributed by atoms with E-state index in [9.17, 15) is 0 Å². The van der Waals surface area contributed by atoms with Crippen LogP contribution < -0.4 is 31.6 Å². The van der Waals surface area contributed by atoms with Crippen LogP contribution in [0, 0.1) is 0 Å². The van der Waals surface area contributed by atoms with E-state index in [4.69, 9.17) is 20.9 Å². The van der Waals surface area contributed by atoms with Gasteiger partial charge in [0.2, 0.25) is 0 Å². The molecule has 0 bridgehead atoms. The van der Waals surface area contributed by atoms with Gasteiger partial charge in [0.15, 0.2) is 11.5 Å². The SMILES string of the molecule is COc1cc(CNCCN)cc(CNCCN)c1OC. The van der Waals surface area contributed by atoms with Gasteiger partial charge in [0.05, 0.1) is 14.2 Å². The summed E-state index contributed by atoms with van der Waals surface area (Å²) in [5, 5.41) is 6.54. The first-order valence-electron chi connectivity index (χ1n) is 6.82. The molecule has 6 heteroatoms.